The Morgan fingerprint density at radius 3 is 2.88 bits per heavy atom. The number of rotatable bonds is 4. The van der Waals surface area contributed by atoms with Crippen molar-refractivity contribution in [3.8, 4) is 0 Å². The number of benzene rings is 1. The molecule has 1 aromatic carbocycles. The number of nitrogens with two attached hydrogens (primary N) is 1. The Kier molecular flexibility index (Phi) is 5.78. The van der Waals surface area contributed by atoms with E-state index < -0.39 is 7.12 Å². The predicted octanol–water partition coefficient (Wildman–Crippen LogP) is -0.0897. The van der Waals surface area contributed by atoms with Gasteiger partial charge in [0.25, 0.3) is 0 Å². The second kappa shape index (κ2) is 6.63. The van der Waals surface area contributed by atoms with Crippen LogP contribution in [0, 0.1) is 0 Å². The van der Waals surface area contributed by atoms with Gasteiger partial charge in [0.1, 0.15) is 0 Å². The van der Waals surface area contributed by atoms with Crippen molar-refractivity contribution in [3.63, 3.8) is 0 Å². The molecule has 4 nitrogen and oxygen atoms in total. The van der Waals surface area contributed by atoms with Gasteiger partial charge in [-0.3, -0.25) is 0 Å². The Hall–Kier alpha value is -0.235. The fourth-order valence-electron chi connectivity index (χ4n) is 1.80. The third-order valence-electron chi connectivity index (χ3n) is 2.54. The highest BCUT2D eigenvalue weighted by Gasteiger charge is 2.34. The molecule has 2 rings (SSSR count). The molecule has 1 atom stereocenters. The maximum atomic E-state index is 9.70. The molecular formula is C10H15BClNO3S. The van der Waals surface area contributed by atoms with Crippen molar-refractivity contribution in [2.75, 3.05) is 18.9 Å². The SMILES string of the molecule is Cl.NCC1OB(O)c2cc(SCCO)ccc21. The zero-order chi connectivity index (χ0) is 11.5. The highest BCUT2D eigenvalue weighted by atomic mass is 35.5. The Morgan fingerprint density at radius 1 is 1.47 bits per heavy atom. The maximum Gasteiger partial charge on any atom is 0.492 e. The van der Waals surface area contributed by atoms with Gasteiger partial charge in [-0.1, -0.05) is 6.07 Å². The van der Waals surface area contributed by atoms with E-state index in [1.807, 2.05) is 18.2 Å². The third-order valence-corrected chi connectivity index (χ3v) is 3.51. The minimum Gasteiger partial charge on any atom is -0.423 e. The molecule has 0 amide bonds. The smallest absolute Gasteiger partial charge is 0.423 e. The first kappa shape index (κ1) is 14.8. The first-order valence-electron chi connectivity index (χ1n) is 5.17. The first-order valence-corrected chi connectivity index (χ1v) is 6.16. The standard InChI is InChI=1S/C10H14BNO3S.ClH/c12-6-10-8-2-1-7(16-4-3-13)5-9(8)11(14)15-10;/h1-2,5,10,13-14H,3-4,6,12H2;1H. The molecule has 0 aliphatic carbocycles. The van der Waals surface area contributed by atoms with Crippen LogP contribution in [-0.2, 0) is 4.65 Å². The molecule has 1 heterocycles. The molecule has 0 bridgehead atoms. The number of halogens is 1. The highest BCUT2D eigenvalue weighted by Crippen LogP contribution is 2.25. The van der Waals surface area contributed by atoms with Crippen LogP contribution in [0.1, 0.15) is 11.7 Å². The maximum absolute atomic E-state index is 9.70. The zero-order valence-corrected chi connectivity index (χ0v) is 10.8. The fourth-order valence-corrected chi connectivity index (χ4v) is 2.50. The van der Waals surface area contributed by atoms with Crippen LogP contribution >= 0.6 is 24.2 Å². The van der Waals surface area contributed by atoms with Crippen LogP contribution in [-0.4, -0.2) is 36.2 Å². The van der Waals surface area contributed by atoms with Gasteiger partial charge in [0.15, 0.2) is 0 Å². The van der Waals surface area contributed by atoms with Crippen LogP contribution in [0.3, 0.4) is 0 Å². The molecule has 0 saturated carbocycles. The van der Waals surface area contributed by atoms with Gasteiger partial charge < -0.3 is 20.5 Å². The summed E-state index contributed by atoms with van der Waals surface area (Å²) in [5.74, 6) is 0.649. The summed E-state index contributed by atoms with van der Waals surface area (Å²) >= 11 is 1.55. The van der Waals surface area contributed by atoms with E-state index in [2.05, 4.69) is 0 Å². The molecule has 1 unspecified atom stereocenters. The van der Waals surface area contributed by atoms with Crippen LogP contribution in [0.4, 0.5) is 0 Å². The van der Waals surface area contributed by atoms with Gasteiger partial charge >= 0.3 is 7.12 Å². The van der Waals surface area contributed by atoms with Crippen LogP contribution in [0.25, 0.3) is 0 Å². The van der Waals surface area contributed by atoms with Crippen LogP contribution in [0.2, 0.25) is 0 Å². The summed E-state index contributed by atoms with van der Waals surface area (Å²) in [7, 11) is -0.877. The molecule has 1 aromatic rings. The van der Waals surface area contributed by atoms with Crippen molar-refractivity contribution in [3.05, 3.63) is 23.8 Å². The summed E-state index contributed by atoms with van der Waals surface area (Å²) in [6, 6.07) is 5.79. The van der Waals surface area contributed by atoms with Gasteiger partial charge in [0, 0.05) is 17.2 Å². The number of thioether (sulfide) groups is 1. The molecule has 17 heavy (non-hydrogen) atoms. The Morgan fingerprint density at radius 2 is 2.24 bits per heavy atom. The Labute approximate surface area is 111 Å². The monoisotopic (exact) mass is 275 g/mol. The van der Waals surface area contributed by atoms with E-state index >= 15 is 0 Å². The van der Waals surface area contributed by atoms with Crippen molar-refractivity contribution >= 4 is 36.8 Å². The molecule has 4 N–H and O–H groups in total. The average molecular weight is 276 g/mol. The molecule has 1 aliphatic rings. The van der Waals surface area contributed by atoms with Crippen molar-refractivity contribution in [1.82, 2.24) is 0 Å². The second-order valence-corrected chi connectivity index (χ2v) is 4.74. The molecule has 7 heteroatoms. The summed E-state index contributed by atoms with van der Waals surface area (Å²) in [5.41, 5.74) is 7.31. The third kappa shape index (κ3) is 3.16. The zero-order valence-electron chi connectivity index (χ0n) is 9.20. The molecule has 94 valence electrons. The quantitative estimate of drug-likeness (QED) is 0.529. The predicted molar refractivity (Wildman–Crippen MR) is 72.0 cm³/mol. The molecule has 0 aromatic heterocycles. The lowest BCUT2D eigenvalue weighted by molar-refractivity contribution is 0.198. The van der Waals surface area contributed by atoms with Gasteiger partial charge in [-0.2, -0.15) is 0 Å². The van der Waals surface area contributed by atoms with Crippen LogP contribution < -0.4 is 11.2 Å². The molecule has 0 spiro atoms. The fraction of sp³-hybridized carbons (Fsp3) is 0.400. The van der Waals surface area contributed by atoms with Gasteiger partial charge in [-0.25, -0.2) is 0 Å². The first-order chi connectivity index (χ1) is 7.76. The van der Waals surface area contributed by atoms with E-state index in [4.69, 9.17) is 15.5 Å². The largest absolute Gasteiger partial charge is 0.492 e. The van der Waals surface area contributed by atoms with E-state index in [1.165, 1.54) is 0 Å². The topological polar surface area (TPSA) is 75.7 Å². The van der Waals surface area contributed by atoms with E-state index in [1.54, 1.807) is 11.8 Å². The van der Waals surface area contributed by atoms with Crippen molar-refractivity contribution < 1.29 is 14.8 Å². The molecule has 0 saturated heterocycles. The van der Waals surface area contributed by atoms with E-state index in [0.29, 0.717) is 12.3 Å². The average Bonchev–Trinajstić information content (AvgIpc) is 2.63. The molecular weight excluding hydrogens is 260 g/mol. The minimum atomic E-state index is -0.877. The van der Waals surface area contributed by atoms with Gasteiger partial charge in [-0.15, -0.1) is 24.2 Å². The summed E-state index contributed by atoms with van der Waals surface area (Å²) in [4.78, 5) is 1.02. The Balaban J connectivity index is 0.00000144. The summed E-state index contributed by atoms with van der Waals surface area (Å²) in [6.07, 6.45) is -0.207. The summed E-state index contributed by atoms with van der Waals surface area (Å²) < 4.78 is 5.31. The van der Waals surface area contributed by atoms with E-state index in [-0.39, 0.29) is 25.1 Å². The summed E-state index contributed by atoms with van der Waals surface area (Å²) in [5, 5.41) is 18.4. The van der Waals surface area contributed by atoms with Crippen LogP contribution in [0.5, 0.6) is 0 Å². The lowest BCUT2D eigenvalue weighted by atomic mass is 9.79. The normalized spacial score (nSPS) is 17.8. The number of aliphatic hydroxyl groups excluding tert-OH is 1. The molecule has 0 fully saturated rings. The second-order valence-electron chi connectivity index (χ2n) is 3.58. The van der Waals surface area contributed by atoms with E-state index in [0.717, 1.165) is 15.9 Å². The van der Waals surface area contributed by atoms with Gasteiger partial charge in [-0.05, 0) is 23.2 Å². The minimum absolute atomic E-state index is 0. The van der Waals surface area contributed by atoms with Gasteiger partial charge in [0.05, 0.1) is 12.7 Å². The number of fused-ring (bicyclic) bond motifs is 1. The van der Waals surface area contributed by atoms with E-state index in [9.17, 15) is 5.02 Å². The van der Waals surface area contributed by atoms with Gasteiger partial charge in [0.2, 0.25) is 0 Å². The lowest BCUT2D eigenvalue weighted by Gasteiger charge is -2.08. The van der Waals surface area contributed by atoms with Crippen molar-refractivity contribution in [1.29, 1.82) is 0 Å². The molecule has 0 radical (unpaired) electrons. The van der Waals surface area contributed by atoms with Crippen LogP contribution in [0.15, 0.2) is 23.1 Å². The number of hydrogen-bond acceptors (Lipinski definition) is 5. The molecule has 1 aliphatic heterocycles. The van der Waals surface area contributed by atoms with Crippen molar-refractivity contribution in [2.24, 2.45) is 5.73 Å². The summed E-state index contributed by atoms with van der Waals surface area (Å²) in [6.45, 7) is 0.513. The number of hydrogen-bond donors (Lipinski definition) is 3. The van der Waals surface area contributed by atoms with Crippen molar-refractivity contribution in [2.45, 2.75) is 11.0 Å². The Bertz CT molecular complexity index is 383. The lowest BCUT2D eigenvalue weighted by Crippen LogP contribution is -2.28. The number of aliphatic hydroxyl groups is 1. The highest BCUT2D eigenvalue weighted by molar-refractivity contribution is 7.99.